The molecule has 0 aromatic heterocycles. The van der Waals surface area contributed by atoms with Gasteiger partial charge in [0.25, 0.3) is 0 Å². The molecule has 0 aliphatic heterocycles. The van der Waals surface area contributed by atoms with Gasteiger partial charge in [0.2, 0.25) is 0 Å². The van der Waals surface area contributed by atoms with Gasteiger partial charge in [-0.3, -0.25) is 0 Å². The summed E-state index contributed by atoms with van der Waals surface area (Å²) in [6.45, 7) is 14.7. The van der Waals surface area contributed by atoms with Crippen LogP contribution in [0.5, 0.6) is 0 Å². The first-order chi connectivity index (χ1) is 4.96. The zero-order valence-corrected chi connectivity index (χ0v) is 11.0. The fraction of sp³-hybridized carbons (Fsp3) is 1.00. The molecule has 0 saturated heterocycles. The van der Waals surface area contributed by atoms with E-state index in [1.807, 2.05) is 0 Å². The Hall–Kier alpha value is 0.610. The van der Waals surface area contributed by atoms with Crippen LogP contribution in [0.2, 0.25) is 0 Å². The third kappa shape index (κ3) is 4.02. The summed E-state index contributed by atoms with van der Waals surface area (Å²) in [6, 6.07) is 0. The average Bonchev–Trinajstić information content (AvgIpc) is 1.52. The van der Waals surface area contributed by atoms with E-state index < -0.39 is 6.26 Å². The van der Waals surface area contributed by atoms with Gasteiger partial charge in [-0.1, -0.05) is 32.6 Å². The molecule has 3 heteroatoms. The number of hydrogen-bond acceptors (Lipinski definition) is 2. The molecule has 0 bridgehead atoms. The number of rotatable bonds is 1. The number of hydrogen-bond donors (Lipinski definition) is 0. The van der Waals surface area contributed by atoms with Gasteiger partial charge in [-0.25, -0.2) is 0 Å². The van der Waals surface area contributed by atoms with Crippen LogP contribution in [-0.4, -0.2) is 17.4 Å². The lowest BCUT2D eigenvalue weighted by atomic mass is 10.2. The maximum absolute atomic E-state index is 5.92. The third-order valence-corrected chi connectivity index (χ3v) is 6.87. The molecule has 0 spiro atoms. The molecule has 0 N–H and O–H groups in total. The van der Waals surface area contributed by atoms with E-state index in [0.717, 1.165) is 0 Å². The molecule has 1 unspecified atom stereocenters. The van der Waals surface area contributed by atoms with Gasteiger partial charge in [0, 0.05) is 5.16 Å². The Morgan fingerprint density at radius 3 is 1.42 bits per heavy atom. The fourth-order valence-electron chi connectivity index (χ4n) is 0.660. The standard InChI is InChI=1S/C9H21OPS/c1-8(2,3)10-11(7,12)9(4,5)6/h1-7H3. The van der Waals surface area contributed by atoms with Crippen LogP contribution in [0.15, 0.2) is 0 Å². The molecule has 0 heterocycles. The van der Waals surface area contributed by atoms with Crippen molar-refractivity contribution in [1.29, 1.82) is 0 Å². The fourth-order valence-corrected chi connectivity index (χ4v) is 2.65. The highest BCUT2D eigenvalue weighted by molar-refractivity contribution is 8.12. The van der Waals surface area contributed by atoms with Crippen LogP contribution < -0.4 is 0 Å². The molecule has 0 amide bonds. The van der Waals surface area contributed by atoms with Gasteiger partial charge in [-0.15, -0.1) is 0 Å². The minimum Gasteiger partial charge on any atom is -0.345 e. The maximum atomic E-state index is 5.92. The molecular formula is C9H21OPS. The van der Waals surface area contributed by atoms with Crippen molar-refractivity contribution in [3.8, 4) is 0 Å². The largest absolute Gasteiger partial charge is 0.345 e. The minimum absolute atomic E-state index is 0.107. The maximum Gasteiger partial charge on any atom is 0.0702 e. The molecule has 0 aromatic carbocycles. The zero-order valence-electron chi connectivity index (χ0n) is 9.26. The van der Waals surface area contributed by atoms with Crippen molar-refractivity contribution in [1.82, 2.24) is 0 Å². The van der Waals surface area contributed by atoms with Crippen LogP contribution in [0.4, 0.5) is 0 Å². The predicted molar refractivity (Wildman–Crippen MR) is 60.8 cm³/mol. The van der Waals surface area contributed by atoms with E-state index in [0.29, 0.717) is 0 Å². The van der Waals surface area contributed by atoms with E-state index in [1.54, 1.807) is 0 Å². The SMILES string of the molecule is CC(C)(C)OP(C)(=S)C(C)(C)C. The monoisotopic (exact) mass is 208 g/mol. The van der Waals surface area contributed by atoms with Gasteiger partial charge < -0.3 is 4.52 Å². The highest BCUT2D eigenvalue weighted by Gasteiger charge is 2.31. The molecule has 12 heavy (non-hydrogen) atoms. The van der Waals surface area contributed by atoms with Gasteiger partial charge >= 0.3 is 0 Å². The molecule has 1 nitrogen and oxygen atoms in total. The van der Waals surface area contributed by atoms with Crippen LogP contribution in [0.25, 0.3) is 0 Å². The minimum atomic E-state index is -1.66. The van der Waals surface area contributed by atoms with Crippen LogP contribution in [0, 0.1) is 0 Å². The predicted octanol–water partition coefficient (Wildman–Crippen LogP) is 3.62. The Morgan fingerprint density at radius 1 is 1.00 bits per heavy atom. The Balaban J connectivity index is 4.57. The first-order valence-corrected chi connectivity index (χ1v) is 7.41. The lowest BCUT2D eigenvalue weighted by molar-refractivity contribution is 0.146. The summed E-state index contributed by atoms with van der Waals surface area (Å²) in [5.41, 5.74) is -0.114. The van der Waals surface area contributed by atoms with Crippen molar-refractivity contribution in [2.45, 2.75) is 52.3 Å². The summed E-state index contributed by atoms with van der Waals surface area (Å²) in [4.78, 5) is 0. The third-order valence-electron chi connectivity index (χ3n) is 1.67. The van der Waals surface area contributed by atoms with E-state index in [9.17, 15) is 0 Å². The second kappa shape index (κ2) is 3.40. The summed E-state index contributed by atoms with van der Waals surface area (Å²) in [6.07, 6.45) is -1.66. The first kappa shape index (κ1) is 12.6. The van der Waals surface area contributed by atoms with Crippen molar-refractivity contribution in [2.75, 3.05) is 6.66 Å². The summed E-state index contributed by atoms with van der Waals surface area (Å²) in [5, 5.41) is 0.107. The van der Waals surface area contributed by atoms with E-state index >= 15 is 0 Å². The van der Waals surface area contributed by atoms with Crippen molar-refractivity contribution in [2.24, 2.45) is 0 Å². The topological polar surface area (TPSA) is 9.23 Å². The van der Waals surface area contributed by atoms with Crippen LogP contribution >= 0.6 is 6.26 Å². The van der Waals surface area contributed by atoms with E-state index in [2.05, 4.69) is 48.2 Å². The van der Waals surface area contributed by atoms with E-state index in [-0.39, 0.29) is 10.8 Å². The molecule has 1 atom stereocenters. The Kier molecular flexibility index (Phi) is 3.57. The van der Waals surface area contributed by atoms with Crippen LogP contribution in [0.3, 0.4) is 0 Å². The van der Waals surface area contributed by atoms with Crippen LogP contribution in [-0.2, 0) is 16.3 Å². The summed E-state index contributed by atoms with van der Waals surface area (Å²) >= 11 is 5.52. The average molecular weight is 208 g/mol. The zero-order chi connectivity index (χ0) is 10.2. The van der Waals surface area contributed by atoms with Gasteiger partial charge in [0.05, 0.1) is 11.9 Å². The Labute approximate surface area is 82.0 Å². The highest BCUT2D eigenvalue weighted by atomic mass is 32.4. The van der Waals surface area contributed by atoms with Crippen molar-refractivity contribution < 1.29 is 4.52 Å². The Bertz CT molecular complexity index is 198. The van der Waals surface area contributed by atoms with E-state index in [4.69, 9.17) is 16.3 Å². The van der Waals surface area contributed by atoms with Gasteiger partial charge in [-0.2, -0.15) is 0 Å². The molecule has 74 valence electrons. The molecule has 0 fully saturated rings. The lowest BCUT2D eigenvalue weighted by Gasteiger charge is -2.37. The van der Waals surface area contributed by atoms with E-state index in [1.165, 1.54) is 0 Å². The van der Waals surface area contributed by atoms with Gasteiger partial charge in [0.15, 0.2) is 0 Å². The highest BCUT2D eigenvalue weighted by Crippen LogP contribution is 2.57. The molecule has 0 aliphatic rings. The lowest BCUT2D eigenvalue weighted by Crippen LogP contribution is -2.24. The summed E-state index contributed by atoms with van der Waals surface area (Å²) in [7, 11) is 0. The van der Waals surface area contributed by atoms with Crippen molar-refractivity contribution in [3.63, 3.8) is 0 Å². The van der Waals surface area contributed by atoms with Crippen molar-refractivity contribution >= 4 is 18.1 Å². The van der Waals surface area contributed by atoms with Crippen LogP contribution in [0.1, 0.15) is 41.5 Å². The van der Waals surface area contributed by atoms with Crippen molar-refractivity contribution in [3.05, 3.63) is 0 Å². The molecule has 0 saturated carbocycles. The smallest absolute Gasteiger partial charge is 0.0702 e. The molecule has 0 rings (SSSR count). The molecule has 0 radical (unpaired) electrons. The normalized spacial score (nSPS) is 18.9. The quantitative estimate of drug-likeness (QED) is 0.609. The second-order valence-electron chi connectivity index (χ2n) is 5.22. The molecule has 0 aromatic rings. The Morgan fingerprint density at radius 2 is 1.33 bits per heavy atom. The molecular weight excluding hydrogens is 187 g/mol. The summed E-state index contributed by atoms with van der Waals surface area (Å²) in [5.74, 6) is 0. The van der Waals surface area contributed by atoms with Gasteiger partial charge in [-0.05, 0) is 27.4 Å². The molecule has 0 aliphatic carbocycles. The second-order valence-corrected chi connectivity index (χ2v) is 10.5. The first-order valence-electron chi connectivity index (χ1n) is 4.24. The summed E-state index contributed by atoms with van der Waals surface area (Å²) < 4.78 is 5.92. The van der Waals surface area contributed by atoms with Gasteiger partial charge in [0.1, 0.15) is 0 Å².